The monoisotopic (exact) mass is 423 g/mol. The summed E-state index contributed by atoms with van der Waals surface area (Å²) in [5, 5.41) is 19.1. The molecule has 3 aromatic rings. The third kappa shape index (κ3) is 6.71. The van der Waals surface area contributed by atoms with Crippen molar-refractivity contribution >= 4 is 23.1 Å². The Morgan fingerprint density at radius 1 is 1.03 bits per heavy atom. The lowest BCUT2D eigenvalue weighted by Crippen LogP contribution is -2.29. The summed E-state index contributed by atoms with van der Waals surface area (Å²) in [4.78, 5) is 33.0. The lowest BCUT2D eigenvalue weighted by molar-refractivity contribution is -0.134. The van der Waals surface area contributed by atoms with Gasteiger partial charge in [-0.15, -0.1) is 0 Å². The highest BCUT2D eigenvalue weighted by Gasteiger charge is 2.19. The van der Waals surface area contributed by atoms with Gasteiger partial charge in [-0.2, -0.15) is 0 Å². The van der Waals surface area contributed by atoms with Crippen molar-refractivity contribution in [3.05, 3.63) is 66.4 Å². The van der Waals surface area contributed by atoms with E-state index in [1.54, 1.807) is 0 Å². The molecule has 1 fully saturated rings. The molecule has 0 atom stereocenters. The minimum atomic E-state index is -1.26. The Hall–Kier alpha value is -3.59. The standard InChI is InChI=1S/C18H21N5.C4H4O4/c1-2-8-20-15(4-1)13-23-17(12-14-6-10-19-11-7-14)22-16-5-3-9-21-18(16)23;5-3(6)1-2-4(7)8/h1-5,8-9,14,19H,6-7,10-13H2;1-2H,(H,5,6)(H,7,8)/b;2-1+. The van der Waals surface area contributed by atoms with Gasteiger partial charge in [0.15, 0.2) is 5.65 Å². The topological polar surface area (TPSA) is 130 Å². The summed E-state index contributed by atoms with van der Waals surface area (Å²) < 4.78 is 2.24. The molecular formula is C22H25N5O4. The fourth-order valence-electron chi connectivity index (χ4n) is 3.47. The average molecular weight is 423 g/mol. The zero-order valence-electron chi connectivity index (χ0n) is 17.0. The molecule has 0 saturated carbocycles. The highest BCUT2D eigenvalue weighted by molar-refractivity contribution is 5.89. The van der Waals surface area contributed by atoms with Gasteiger partial charge in [0.1, 0.15) is 11.3 Å². The van der Waals surface area contributed by atoms with Crippen LogP contribution in [0.1, 0.15) is 24.4 Å². The maximum atomic E-state index is 9.55. The van der Waals surface area contributed by atoms with Gasteiger partial charge in [0.25, 0.3) is 0 Å². The number of aromatic nitrogens is 4. The van der Waals surface area contributed by atoms with Crippen molar-refractivity contribution in [3.8, 4) is 0 Å². The maximum absolute atomic E-state index is 9.55. The first-order valence-electron chi connectivity index (χ1n) is 10.1. The van der Waals surface area contributed by atoms with Crippen molar-refractivity contribution in [3.63, 3.8) is 0 Å². The fourth-order valence-corrected chi connectivity index (χ4v) is 3.47. The van der Waals surface area contributed by atoms with Gasteiger partial charge in [-0.3, -0.25) is 4.98 Å². The minimum Gasteiger partial charge on any atom is -0.478 e. The Balaban J connectivity index is 0.000000293. The molecule has 0 radical (unpaired) electrons. The van der Waals surface area contributed by atoms with Gasteiger partial charge in [0, 0.05) is 31.0 Å². The van der Waals surface area contributed by atoms with Crippen LogP contribution in [0.4, 0.5) is 0 Å². The van der Waals surface area contributed by atoms with Gasteiger partial charge in [0.05, 0.1) is 12.2 Å². The smallest absolute Gasteiger partial charge is 0.328 e. The lowest BCUT2D eigenvalue weighted by Gasteiger charge is -2.22. The van der Waals surface area contributed by atoms with Crippen LogP contribution < -0.4 is 5.32 Å². The van der Waals surface area contributed by atoms with Crippen LogP contribution in [0.3, 0.4) is 0 Å². The third-order valence-corrected chi connectivity index (χ3v) is 4.93. The number of imidazole rings is 1. The Kier molecular flexibility index (Phi) is 7.83. The van der Waals surface area contributed by atoms with Crippen LogP contribution in [0.2, 0.25) is 0 Å². The zero-order valence-corrected chi connectivity index (χ0v) is 17.0. The number of carboxylic acids is 2. The van der Waals surface area contributed by atoms with E-state index in [0.29, 0.717) is 18.1 Å². The second-order valence-corrected chi connectivity index (χ2v) is 7.19. The van der Waals surface area contributed by atoms with E-state index in [0.717, 1.165) is 48.7 Å². The van der Waals surface area contributed by atoms with E-state index < -0.39 is 11.9 Å². The van der Waals surface area contributed by atoms with Crippen LogP contribution in [0.15, 0.2) is 54.9 Å². The molecule has 1 aliphatic heterocycles. The van der Waals surface area contributed by atoms with Crippen molar-refractivity contribution < 1.29 is 19.8 Å². The van der Waals surface area contributed by atoms with Gasteiger partial charge in [-0.25, -0.2) is 19.6 Å². The fraction of sp³-hybridized carbons (Fsp3) is 0.318. The number of nitrogens with zero attached hydrogens (tertiary/aromatic N) is 4. The van der Waals surface area contributed by atoms with E-state index in [-0.39, 0.29) is 0 Å². The summed E-state index contributed by atoms with van der Waals surface area (Å²) in [6.45, 7) is 2.96. The van der Waals surface area contributed by atoms with Gasteiger partial charge < -0.3 is 20.1 Å². The number of fused-ring (bicyclic) bond motifs is 1. The van der Waals surface area contributed by atoms with Gasteiger partial charge in [-0.1, -0.05) is 6.07 Å². The van der Waals surface area contributed by atoms with Crippen LogP contribution in [0.25, 0.3) is 11.2 Å². The van der Waals surface area contributed by atoms with Crippen molar-refractivity contribution in [2.45, 2.75) is 25.8 Å². The minimum absolute atomic E-state index is 0.558. The predicted molar refractivity (Wildman–Crippen MR) is 115 cm³/mol. The SMILES string of the molecule is O=C(O)/C=C/C(=O)O.c1ccc(Cn2c(CC3CCNCC3)nc3cccnc32)nc1. The summed E-state index contributed by atoms with van der Waals surface area (Å²) in [5.41, 5.74) is 2.98. The number of piperidine rings is 1. The van der Waals surface area contributed by atoms with E-state index in [9.17, 15) is 9.59 Å². The predicted octanol–water partition coefficient (Wildman–Crippen LogP) is 2.13. The van der Waals surface area contributed by atoms with Crippen molar-refractivity contribution in [1.82, 2.24) is 24.8 Å². The number of pyridine rings is 2. The summed E-state index contributed by atoms with van der Waals surface area (Å²) in [6.07, 6.45) is 8.26. The van der Waals surface area contributed by atoms with Crippen LogP contribution >= 0.6 is 0 Å². The molecule has 0 amide bonds. The second-order valence-electron chi connectivity index (χ2n) is 7.19. The highest BCUT2D eigenvalue weighted by atomic mass is 16.4. The van der Waals surface area contributed by atoms with E-state index >= 15 is 0 Å². The number of carbonyl (C=O) groups is 2. The lowest BCUT2D eigenvalue weighted by atomic mass is 9.94. The van der Waals surface area contributed by atoms with Gasteiger partial charge >= 0.3 is 11.9 Å². The quantitative estimate of drug-likeness (QED) is 0.514. The molecule has 31 heavy (non-hydrogen) atoms. The van der Waals surface area contributed by atoms with Crippen molar-refractivity contribution in [2.75, 3.05) is 13.1 Å². The Labute approximate surface area is 179 Å². The Bertz CT molecular complexity index is 1030. The number of hydrogen-bond acceptors (Lipinski definition) is 6. The highest BCUT2D eigenvalue weighted by Crippen LogP contribution is 2.21. The summed E-state index contributed by atoms with van der Waals surface area (Å²) in [7, 11) is 0. The molecule has 4 rings (SSSR count). The number of nitrogens with one attached hydrogen (secondary N) is 1. The van der Waals surface area contributed by atoms with Crippen LogP contribution in [0, 0.1) is 5.92 Å². The van der Waals surface area contributed by atoms with Crippen LogP contribution in [-0.2, 0) is 22.6 Å². The molecule has 3 N–H and O–H groups in total. The number of hydrogen-bond donors (Lipinski definition) is 3. The molecule has 4 heterocycles. The summed E-state index contributed by atoms with van der Waals surface area (Å²) in [5.74, 6) is -0.674. The first-order valence-corrected chi connectivity index (χ1v) is 10.1. The first-order chi connectivity index (χ1) is 15.0. The first kappa shape index (κ1) is 22.1. The Morgan fingerprint density at radius 3 is 2.39 bits per heavy atom. The van der Waals surface area contributed by atoms with Crippen LogP contribution in [-0.4, -0.2) is 54.8 Å². The molecule has 0 aliphatic carbocycles. The molecule has 1 saturated heterocycles. The molecule has 9 nitrogen and oxygen atoms in total. The normalized spacial score (nSPS) is 14.3. The molecule has 0 aromatic carbocycles. The van der Waals surface area contributed by atoms with Gasteiger partial charge in [-0.05, 0) is 56.1 Å². The number of rotatable bonds is 6. The van der Waals surface area contributed by atoms with E-state index in [1.807, 2.05) is 36.7 Å². The van der Waals surface area contributed by atoms with Gasteiger partial charge in [0.2, 0.25) is 0 Å². The molecule has 0 spiro atoms. The molecule has 1 aliphatic rings. The zero-order chi connectivity index (χ0) is 22.1. The third-order valence-electron chi connectivity index (χ3n) is 4.93. The average Bonchev–Trinajstić information content (AvgIpc) is 3.11. The second kappa shape index (κ2) is 11.0. The van der Waals surface area contributed by atoms with Crippen molar-refractivity contribution in [1.29, 1.82) is 0 Å². The number of carboxylic acid groups (broad SMARTS) is 2. The molecule has 0 unspecified atom stereocenters. The van der Waals surface area contributed by atoms with E-state index in [1.165, 1.54) is 12.8 Å². The summed E-state index contributed by atoms with van der Waals surface area (Å²) >= 11 is 0. The molecular weight excluding hydrogens is 398 g/mol. The molecule has 0 bridgehead atoms. The van der Waals surface area contributed by atoms with Crippen molar-refractivity contribution in [2.24, 2.45) is 5.92 Å². The molecule has 3 aromatic heterocycles. The summed E-state index contributed by atoms with van der Waals surface area (Å²) in [6, 6.07) is 10.0. The molecule has 9 heteroatoms. The Morgan fingerprint density at radius 2 is 1.74 bits per heavy atom. The van der Waals surface area contributed by atoms with E-state index in [4.69, 9.17) is 15.2 Å². The van der Waals surface area contributed by atoms with Crippen LogP contribution in [0.5, 0.6) is 0 Å². The maximum Gasteiger partial charge on any atom is 0.328 e. The number of aliphatic carboxylic acids is 2. The van der Waals surface area contributed by atoms with E-state index in [2.05, 4.69) is 25.9 Å². The molecule has 162 valence electrons. The largest absolute Gasteiger partial charge is 0.478 e.